The van der Waals surface area contributed by atoms with E-state index in [0.717, 1.165) is 27.8 Å². The minimum absolute atomic E-state index is 0.412. The minimum atomic E-state index is -0.450. The Kier molecular flexibility index (Phi) is 4.25. The fourth-order valence-corrected chi connectivity index (χ4v) is 2.62. The van der Waals surface area contributed by atoms with Gasteiger partial charge in [0.1, 0.15) is 5.75 Å². The van der Waals surface area contributed by atoms with E-state index in [1.165, 1.54) is 0 Å². The van der Waals surface area contributed by atoms with Crippen LogP contribution in [-0.2, 0) is 7.05 Å². The number of benzene rings is 2. The first-order valence-corrected chi connectivity index (χ1v) is 7.94. The molecule has 2 aromatic carbocycles. The van der Waals surface area contributed by atoms with Gasteiger partial charge in [-0.2, -0.15) is 5.10 Å². The number of carbonyl (C=O) groups excluding carboxylic acids is 1. The molecule has 24 heavy (non-hydrogen) atoms. The van der Waals surface area contributed by atoms with E-state index in [1.807, 2.05) is 42.2 Å². The molecule has 0 saturated carbocycles. The summed E-state index contributed by atoms with van der Waals surface area (Å²) in [5.41, 5.74) is 8.78. The van der Waals surface area contributed by atoms with Gasteiger partial charge in [-0.15, -0.1) is 0 Å². The topological polar surface area (TPSA) is 70.1 Å². The fourth-order valence-electron chi connectivity index (χ4n) is 2.62. The van der Waals surface area contributed by atoms with Crippen molar-refractivity contribution in [1.82, 2.24) is 9.78 Å². The van der Waals surface area contributed by atoms with E-state index in [-0.39, 0.29) is 0 Å². The molecule has 5 heteroatoms. The van der Waals surface area contributed by atoms with Crippen LogP contribution in [0.1, 0.15) is 24.2 Å². The van der Waals surface area contributed by atoms with Crippen molar-refractivity contribution >= 4 is 16.8 Å². The first-order valence-electron chi connectivity index (χ1n) is 7.94. The number of hydrogen-bond acceptors (Lipinski definition) is 3. The quantitative estimate of drug-likeness (QED) is 0.782. The molecular formula is C19H21N3O2. The number of carbonyl (C=O) groups is 1. The van der Waals surface area contributed by atoms with Gasteiger partial charge in [0.25, 0.3) is 0 Å². The van der Waals surface area contributed by atoms with Gasteiger partial charge >= 0.3 is 0 Å². The van der Waals surface area contributed by atoms with Gasteiger partial charge in [0, 0.05) is 23.6 Å². The van der Waals surface area contributed by atoms with Crippen molar-refractivity contribution in [2.24, 2.45) is 18.7 Å². The first kappa shape index (κ1) is 16.1. The van der Waals surface area contributed by atoms with Crippen molar-refractivity contribution in [3.8, 4) is 16.9 Å². The van der Waals surface area contributed by atoms with Crippen LogP contribution < -0.4 is 10.5 Å². The summed E-state index contributed by atoms with van der Waals surface area (Å²) in [7, 11) is 1.91. The molecule has 0 radical (unpaired) electrons. The van der Waals surface area contributed by atoms with E-state index >= 15 is 0 Å². The van der Waals surface area contributed by atoms with Crippen LogP contribution >= 0.6 is 0 Å². The van der Waals surface area contributed by atoms with Crippen molar-refractivity contribution in [3.05, 3.63) is 48.2 Å². The van der Waals surface area contributed by atoms with Crippen LogP contribution in [-0.4, -0.2) is 22.3 Å². The maximum absolute atomic E-state index is 11.5. The molecule has 1 amide bonds. The minimum Gasteiger partial charge on any atom is -0.493 e. The molecule has 5 nitrogen and oxygen atoms in total. The van der Waals surface area contributed by atoms with Crippen LogP contribution in [0.25, 0.3) is 22.0 Å². The number of aryl methyl sites for hydroxylation is 1. The molecule has 0 saturated heterocycles. The van der Waals surface area contributed by atoms with Crippen LogP contribution in [0.15, 0.2) is 42.6 Å². The highest BCUT2D eigenvalue weighted by Gasteiger charge is 2.12. The molecule has 0 aliphatic heterocycles. The molecule has 0 spiro atoms. The molecule has 3 aromatic rings. The lowest BCUT2D eigenvalue weighted by atomic mass is 10.0. The number of fused-ring (bicyclic) bond motifs is 1. The summed E-state index contributed by atoms with van der Waals surface area (Å²) >= 11 is 0. The molecular weight excluding hydrogens is 302 g/mol. The van der Waals surface area contributed by atoms with E-state index in [2.05, 4.69) is 18.9 Å². The lowest BCUT2D eigenvalue weighted by Gasteiger charge is -2.14. The monoisotopic (exact) mass is 323 g/mol. The molecule has 0 fully saturated rings. The summed E-state index contributed by atoms with van der Waals surface area (Å²) in [4.78, 5) is 11.5. The van der Waals surface area contributed by atoms with E-state index in [9.17, 15) is 4.79 Å². The van der Waals surface area contributed by atoms with Gasteiger partial charge in [0.05, 0.1) is 18.3 Å². The van der Waals surface area contributed by atoms with Gasteiger partial charge in [0.15, 0.2) is 0 Å². The summed E-state index contributed by atoms with van der Waals surface area (Å²) in [5, 5.41) is 5.31. The van der Waals surface area contributed by atoms with E-state index in [4.69, 9.17) is 10.5 Å². The molecule has 3 rings (SSSR count). The highest BCUT2D eigenvalue weighted by molar-refractivity contribution is 5.95. The number of amides is 1. The summed E-state index contributed by atoms with van der Waals surface area (Å²) in [6.07, 6.45) is 1.82. The fraction of sp³-hybridized carbons (Fsp3) is 0.263. The number of ether oxygens (including phenoxy) is 1. The average Bonchev–Trinajstić information content (AvgIpc) is 2.93. The SMILES string of the molecule is CC(C)COc1ccc(C(N)=O)cc1-c1ccc2c(cnn2C)c1. The third-order valence-corrected chi connectivity index (χ3v) is 3.89. The van der Waals surface area contributed by atoms with Gasteiger partial charge in [-0.25, -0.2) is 0 Å². The average molecular weight is 323 g/mol. The highest BCUT2D eigenvalue weighted by Crippen LogP contribution is 2.33. The Bertz CT molecular complexity index is 897. The zero-order valence-corrected chi connectivity index (χ0v) is 14.1. The number of aromatic nitrogens is 2. The number of rotatable bonds is 5. The van der Waals surface area contributed by atoms with Crippen molar-refractivity contribution < 1.29 is 9.53 Å². The van der Waals surface area contributed by atoms with Crippen molar-refractivity contribution in [2.45, 2.75) is 13.8 Å². The zero-order valence-electron chi connectivity index (χ0n) is 14.1. The predicted molar refractivity (Wildman–Crippen MR) is 95.0 cm³/mol. The summed E-state index contributed by atoms with van der Waals surface area (Å²) in [6, 6.07) is 11.4. The van der Waals surface area contributed by atoms with Gasteiger partial charge in [-0.3, -0.25) is 9.48 Å². The Labute approximate surface area is 141 Å². The standard InChI is InChI=1S/C19H21N3O2/c1-12(2)11-24-18-7-5-14(19(20)23)9-16(18)13-4-6-17-15(8-13)10-21-22(17)3/h4-10,12H,11H2,1-3H3,(H2,20,23). The molecule has 0 atom stereocenters. The third-order valence-electron chi connectivity index (χ3n) is 3.89. The normalized spacial score (nSPS) is 11.2. The summed E-state index contributed by atoms with van der Waals surface area (Å²) in [5.74, 6) is 0.709. The van der Waals surface area contributed by atoms with Gasteiger partial charge in [0.2, 0.25) is 5.91 Å². The van der Waals surface area contributed by atoms with Gasteiger partial charge in [-0.1, -0.05) is 19.9 Å². The van der Waals surface area contributed by atoms with E-state index in [1.54, 1.807) is 12.1 Å². The smallest absolute Gasteiger partial charge is 0.248 e. The maximum Gasteiger partial charge on any atom is 0.248 e. The van der Waals surface area contributed by atoms with Gasteiger partial charge < -0.3 is 10.5 Å². The molecule has 0 unspecified atom stereocenters. The lowest BCUT2D eigenvalue weighted by Crippen LogP contribution is -2.11. The van der Waals surface area contributed by atoms with Crippen molar-refractivity contribution in [1.29, 1.82) is 0 Å². The van der Waals surface area contributed by atoms with Crippen LogP contribution in [0.5, 0.6) is 5.75 Å². The Balaban J connectivity index is 2.10. The Hall–Kier alpha value is -2.82. The second-order valence-electron chi connectivity index (χ2n) is 6.32. The van der Waals surface area contributed by atoms with E-state index < -0.39 is 5.91 Å². The Morgan fingerprint density at radius 1 is 1.25 bits per heavy atom. The first-order chi connectivity index (χ1) is 11.5. The van der Waals surface area contributed by atoms with Gasteiger partial charge in [-0.05, 0) is 41.8 Å². The molecule has 124 valence electrons. The van der Waals surface area contributed by atoms with Crippen LogP contribution in [0.3, 0.4) is 0 Å². The second kappa shape index (κ2) is 6.35. The van der Waals surface area contributed by atoms with Crippen LogP contribution in [0.4, 0.5) is 0 Å². The summed E-state index contributed by atoms with van der Waals surface area (Å²) < 4.78 is 7.76. The largest absolute Gasteiger partial charge is 0.493 e. The van der Waals surface area contributed by atoms with Crippen molar-refractivity contribution in [3.63, 3.8) is 0 Å². The molecule has 0 aliphatic rings. The third kappa shape index (κ3) is 3.11. The number of nitrogens with zero attached hydrogens (tertiary/aromatic N) is 2. The molecule has 0 aliphatic carbocycles. The number of hydrogen-bond donors (Lipinski definition) is 1. The van der Waals surface area contributed by atoms with E-state index in [0.29, 0.717) is 18.1 Å². The number of primary amides is 1. The summed E-state index contributed by atoms with van der Waals surface area (Å²) in [6.45, 7) is 4.80. The zero-order chi connectivity index (χ0) is 17.3. The maximum atomic E-state index is 11.5. The lowest BCUT2D eigenvalue weighted by molar-refractivity contribution is 0.100. The highest BCUT2D eigenvalue weighted by atomic mass is 16.5. The van der Waals surface area contributed by atoms with Crippen LogP contribution in [0.2, 0.25) is 0 Å². The van der Waals surface area contributed by atoms with Crippen molar-refractivity contribution in [2.75, 3.05) is 6.61 Å². The Morgan fingerprint density at radius 3 is 2.75 bits per heavy atom. The Morgan fingerprint density at radius 2 is 2.04 bits per heavy atom. The second-order valence-corrected chi connectivity index (χ2v) is 6.32. The number of nitrogens with two attached hydrogens (primary N) is 1. The molecule has 1 aromatic heterocycles. The molecule has 2 N–H and O–H groups in total. The van der Waals surface area contributed by atoms with Crippen LogP contribution in [0, 0.1) is 5.92 Å². The molecule has 1 heterocycles. The molecule has 0 bridgehead atoms. The predicted octanol–water partition coefficient (Wildman–Crippen LogP) is 3.37.